The number of rotatable bonds is 4. The van der Waals surface area contributed by atoms with Gasteiger partial charge in [-0.1, -0.05) is 28.1 Å². The normalized spacial score (nSPS) is 10.0. The fourth-order valence-corrected chi connectivity index (χ4v) is 1.71. The first-order valence-corrected chi connectivity index (χ1v) is 5.06. The minimum atomic E-state index is 0.195. The van der Waals surface area contributed by atoms with Gasteiger partial charge in [0.2, 0.25) is 0 Å². The van der Waals surface area contributed by atoms with Crippen LogP contribution in [0.4, 0.5) is 0 Å². The van der Waals surface area contributed by atoms with Gasteiger partial charge in [0, 0.05) is 11.1 Å². The molecular weight excluding hydrogens is 228 g/mol. The van der Waals surface area contributed by atoms with Crippen LogP contribution < -0.4 is 0 Å². The fraction of sp³-hybridized carbons (Fsp3) is 0.273. The second-order valence-electron chi connectivity index (χ2n) is 2.88. The summed E-state index contributed by atoms with van der Waals surface area (Å²) < 4.78 is 1.06. The van der Waals surface area contributed by atoms with E-state index in [-0.39, 0.29) is 6.61 Å². The van der Waals surface area contributed by atoms with Gasteiger partial charge < -0.3 is 5.11 Å². The van der Waals surface area contributed by atoms with E-state index in [1.807, 2.05) is 12.1 Å². The molecule has 0 heterocycles. The highest BCUT2D eigenvalue weighted by Gasteiger charge is 2.00. The highest BCUT2D eigenvalue weighted by Crippen LogP contribution is 2.17. The maximum absolute atomic E-state index is 8.86. The zero-order chi connectivity index (χ0) is 9.68. The molecule has 0 amide bonds. The molecule has 70 valence electrons. The van der Waals surface area contributed by atoms with Crippen molar-refractivity contribution in [3.05, 3.63) is 46.5 Å². The van der Waals surface area contributed by atoms with E-state index in [0.29, 0.717) is 6.42 Å². The molecule has 0 aliphatic rings. The maximum Gasteiger partial charge on any atom is 0.0471 e. The molecule has 13 heavy (non-hydrogen) atoms. The lowest BCUT2D eigenvalue weighted by atomic mass is 10.0. The van der Waals surface area contributed by atoms with E-state index < -0.39 is 0 Å². The number of hydrogen-bond acceptors (Lipinski definition) is 1. The average molecular weight is 241 g/mol. The molecule has 0 saturated carbocycles. The Bertz CT molecular complexity index is 294. The first kappa shape index (κ1) is 10.5. The third kappa shape index (κ3) is 2.98. The summed E-state index contributed by atoms with van der Waals surface area (Å²) in [5.41, 5.74) is 2.43. The molecule has 0 aliphatic heterocycles. The molecule has 0 saturated heterocycles. The number of aliphatic hydroxyl groups is 1. The van der Waals surface area contributed by atoms with Crippen molar-refractivity contribution in [1.82, 2.24) is 0 Å². The van der Waals surface area contributed by atoms with E-state index in [1.54, 1.807) is 0 Å². The van der Waals surface area contributed by atoms with Crippen molar-refractivity contribution in [2.75, 3.05) is 6.61 Å². The van der Waals surface area contributed by atoms with Crippen LogP contribution in [0.2, 0.25) is 0 Å². The minimum Gasteiger partial charge on any atom is -0.396 e. The number of halogens is 1. The highest BCUT2D eigenvalue weighted by molar-refractivity contribution is 9.10. The standard InChI is InChI=1S/C11H13BrO/c1-2-3-9-4-5-11(12)8-10(9)6-7-13/h2,4-5,8,13H,1,3,6-7H2. The molecule has 0 aromatic heterocycles. The number of hydrogen-bond donors (Lipinski definition) is 1. The van der Waals surface area contributed by atoms with Crippen LogP contribution in [-0.4, -0.2) is 11.7 Å². The van der Waals surface area contributed by atoms with Crippen molar-refractivity contribution < 1.29 is 5.11 Å². The van der Waals surface area contributed by atoms with Crippen LogP contribution in [0.25, 0.3) is 0 Å². The summed E-state index contributed by atoms with van der Waals surface area (Å²) in [4.78, 5) is 0. The monoisotopic (exact) mass is 240 g/mol. The Kier molecular flexibility index (Phi) is 4.19. The van der Waals surface area contributed by atoms with Crippen LogP contribution in [0.1, 0.15) is 11.1 Å². The summed E-state index contributed by atoms with van der Waals surface area (Å²) >= 11 is 3.41. The Hall–Kier alpha value is -0.600. The minimum absolute atomic E-state index is 0.195. The van der Waals surface area contributed by atoms with Gasteiger partial charge in [0.25, 0.3) is 0 Å². The molecule has 2 heteroatoms. The maximum atomic E-state index is 8.86. The molecule has 0 bridgehead atoms. The van der Waals surface area contributed by atoms with E-state index in [1.165, 1.54) is 11.1 Å². The molecule has 0 unspecified atom stereocenters. The first-order chi connectivity index (χ1) is 6.27. The van der Waals surface area contributed by atoms with Gasteiger partial charge in [-0.25, -0.2) is 0 Å². The molecule has 1 nitrogen and oxygen atoms in total. The Morgan fingerprint density at radius 1 is 1.38 bits per heavy atom. The topological polar surface area (TPSA) is 20.2 Å². The summed E-state index contributed by atoms with van der Waals surface area (Å²) in [5, 5.41) is 8.86. The van der Waals surface area contributed by atoms with Crippen molar-refractivity contribution in [2.24, 2.45) is 0 Å². The zero-order valence-electron chi connectivity index (χ0n) is 7.46. The van der Waals surface area contributed by atoms with Crippen LogP contribution in [0.5, 0.6) is 0 Å². The summed E-state index contributed by atoms with van der Waals surface area (Å²) in [7, 11) is 0. The lowest BCUT2D eigenvalue weighted by molar-refractivity contribution is 0.299. The Labute approximate surface area is 87.2 Å². The summed E-state index contributed by atoms with van der Waals surface area (Å²) in [6.07, 6.45) is 3.45. The predicted octanol–water partition coefficient (Wildman–Crippen LogP) is 2.71. The van der Waals surface area contributed by atoms with Crippen molar-refractivity contribution in [3.63, 3.8) is 0 Å². The van der Waals surface area contributed by atoms with Crippen molar-refractivity contribution in [3.8, 4) is 0 Å². The van der Waals surface area contributed by atoms with E-state index in [0.717, 1.165) is 10.9 Å². The number of allylic oxidation sites excluding steroid dienone is 1. The zero-order valence-corrected chi connectivity index (χ0v) is 9.05. The Morgan fingerprint density at radius 2 is 2.15 bits per heavy atom. The molecule has 1 aromatic carbocycles. The van der Waals surface area contributed by atoms with Gasteiger partial charge >= 0.3 is 0 Å². The van der Waals surface area contributed by atoms with Gasteiger partial charge in [0.05, 0.1) is 0 Å². The van der Waals surface area contributed by atoms with Gasteiger partial charge in [-0.15, -0.1) is 6.58 Å². The molecule has 0 fully saturated rings. The largest absolute Gasteiger partial charge is 0.396 e. The summed E-state index contributed by atoms with van der Waals surface area (Å²) in [5.74, 6) is 0. The van der Waals surface area contributed by atoms with Gasteiger partial charge in [-0.05, 0) is 36.1 Å². The molecular formula is C11H13BrO. The lowest BCUT2D eigenvalue weighted by Crippen LogP contribution is -1.96. The van der Waals surface area contributed by atoms with Gasteiger partial charge in [0.15, 0.2) is 0 Å². The highest BCUT2D eigenvalue weighted by atomic mass is 79.9. The number of benzene rings is 1. The first-order valence-electron chi connectivity index (χ1n) is 4.27. The second-order valence-corrected chi connectivity index (χ2v) is 3.80. The molecule has 0 atom stereocenters. The fourth-order valence-electron chi connectivity index (χ4n) is 1.30. The lowest BCUT2D eigenvalue weighted by Gasteiger charge is -2.06. The Morgan fingerprint density at radius 3 is 2.77 bits per heavy atom. The molecule has 0 radical (unpaired) electrons. The third-order valence-corrected chi connectivity index (χ3v) is 2.41. The number of aliphatic hydroxyl groups excluding tert-OH is 1. The summed E-state index contributed by atoms with van der Waals surface area (Å²) in [6, 6.07) is 6.13. The third-order valence-electron chi connectivity index (χ3n) is 1.91. The van der Waals surface area contributed by atoms with E-state index >= 15 is 0 Å². The summed E-state index contributed by atoms with van der Waals surface area (Å²) in [6.45, 7) is 3.90. The molecule has 1 N–H and O–H groups in total. The molecule has 1 aromatic rings. The SMILES string of the molecule is C=CCc1ccc(Br)cc1CCO. The van der Waals surface area contributed by atoms with Crippen molar-refractivity contribution >= 4 is 15.9 Å². The molecule has 0 aliphatic carbocycles. The van der Waals surface area contributed by atoms with Crippen LogP contribution >= 0.6 is 15.9 Å². The van der Waals surface area contributed by atoms with Crippen LogP contribution in [0.3, 0.4) is 0 Å². The predicted molar refractivity (Wildman–Crippen MR) is 58.8 cm³/mol. The second kappa shape index (κ2) is 5.20. The van der Waals surface area contributed by atoms with Crippen LogP contribution in [0.15, 0.2) is 35.3 Å². The van der Waals surface area contributed by atoms with E-state index in [4.69, 9.17) is 5.11 Å². The molecule has 0 spiro atoms. The van der Waals surface area contributed by atoms with Gasteiger partial charge in [-0.2, -0.15) is 0 Å². The van der Waals surface area contributed by atoms with Crippen molar-refractivity contribution in [1.29, 1.82) is 0 Å². The van der Waals surface area contributed by atoms with E-state index in [2.05, 4.69) is 34.6 Å². The van der Waals surface area contributed by atoms with E-state index in [9.17, 15) is 0 Å². The molecule has 1 rings (SSSR count). The van der Waals surface area contributed by atoms with Gasteiger partial charge in [-0.3, -0.25) is 0 Å². The smallest absolute Gasteiger partial charge is 0.0471 e. The average Bonchev–Trinajstić information content (AvgIpc) is 2.10. The van der Waals surface area contributed by atoms with Crippen LogP contribution in [-0.2, 0) is 12.8 Å². The Balaban J connectivity index is 2.95. The quantitative estimate of drug-likeness (QED) is 0.803. The van der Waals surface area contributed by atoms with Crippen molar-refractivity contribution in [2.45, 2.75) is 12.8 Å². The van der Waals surface area contributed by atoms with Crippen LogP contribution in [0, 0.1) is 0 Å². The van der Waals surface area contributed by atoms with Gasteiger partial charge in [0.1, 0.15) is 0 Å².